The van der Waals surface area contributed by atoms with E-state index in [1.54, 1.807) is 0 Å². The Morgan fingerprint density at radius 3 is 2.73 bits per heavy atom. The summed E-state index contributed by atoms with van der Waals surface area (Å²) >= 11 is 0. The minimum Gasteiger partial charge on any atom is -0.354 e. The molecule has 7 heteroatoms. The van der Waals surface area contributed by atoms with Crippen LogP contribution in [0.25, 0.3) is 0 Å². The average molecular weight is 314 g/mol. The summed E-state index contributed by atoms with van der Waals surface area (Å²) in [6.07, 6.45) is -2.80. The summed E-state index contributed by atoms with van der Waals surface area (Å²) in [5.41, 5.74) is -0.919. The second kappa shape index (κ2) is 6.81. The Hall–Kier alpha value is -2.05. The molecule has 120 valence electrons. The van der Waals surface area contributed by atoms with Crippen LogP contribution in [0.5, 0.6) is 0 Å². The lowest BCUT2D eigenvalue weighted by molar-refractivity contribution is -0.138. The molecule has 1 aromatic rings. The number of amides is 2. The third-order valence-electron chi connectivity index (χ3n) is 3.54. The van der Waals surface area contributed by atoms with Crippen molar-refractivity contribution < 1.29 is 22.8 Å². The van der Waals surface area contributed by atoms with E-state index in [1.165, 1.54) is 18.2 Å². The molecule has 2 N–H and O–H groups in total. The van der Waals surface area contributed by atoms with Gasteiger partial charge in [-0.25, -0.2) is 0 Å². The Morgan fingerprint density at radius 1 is 1.27 bits per heavy atom. The first-order chi connectivity index (χ1) is 10.4. The predicted octanol–water partition coefficient (Wildman–Crippen LogP) is 2.03. The molecule has 22 heavy (non-hydrogen) atoms. The molecule has 1 heterocycles. The van der Waals surface area contributed by atoms with Gasteiger partial charge in [-0.05, 0) is 30.9 Å². The van der Waals surface area contributed by atoms with Crippen molar-refractivity contribution in [3.63, 3.8) is 0 Å². The molecule has 1 atom stereocenters. The summed E-state index contributed by atoms with van der Waals surface area (Å²) in [5.74, 6) is -0.867. The first-order valence-electron chi connectivity index (χ1n) is 7.10. The summed E-state index contributed by atoms with van der Waals surface area (Å²) in [6.45, 7) is 0.558. The molecule has 2 rings (SSSR count). The van der Waals surface area contributed by atoms with Crippen molar-refractivity contribution >= 4 is 11.8 Å². The molecule has 0 spiro atoms. The Labute approximate surface area is 126 Å². The van der Waals surface area contributed by atoms with Crippen LogP contribution in [-0.4, -0.2) is 24.4 Å². The number of nitrogens with one attached hydrogen (secondary N) is 2. The highest BCUT2D eigenvalue weighted by Crippen LogP contribution is 2.32. The fourth-order valence-electron chi connectivity index (χ4n) is 2.45. The molecule has 1 saturated heterocycles. The van der Waals surface area contributed by atoms with Crippen molar-refractivity contribution in [2.45, 2.75) is 37.9 Å². The number of benzene rings is 1. The topological polar surface area (TPSA) is 58.2 Å². The van der Waals surface area contributed by atoms with Crippen molar-refractivity contribution in [2.24, 2.45) is 0 Å². The van der Waals surface area contributed by atoms with E-state index in [9.17, 15) is 22.8 Å². The first-order valence-corrected chi connectivity index (χ1v) is 7.10. The van der Waals surface area contributed by atoms with E-state index in [2.05, 4.69) is 10.6 Å². The molecule has 4 nitrogen and oxygen atoms in total. The maximum Gasteiger partial charge on any atom is 0.416 e. The second-order valence-electron chi connectivity index (χ2n) is 5.24. The molecule has 0 radical (unpaired) electrons. The summed E-state index contributed by atoms with van der Waals surface area (Å²) in [6, 6.07) is 4.28. The van der Waals surface area contributed by atoms with Crippen molar-refractivity contribution in [3.05, 3.63) is 35.4 Å². The molecule has 1 unspecified atom stereocenters. The smallest absolute Gasteiger partial charge is 0.354 e. The number of alkyl halides is 3. The van der Waals surface area contributed by atoms with E-state index in [4.69, 9.17) is 0 Å². The summed E-state index contributed by atoms with van der Waals surface area (Å²) in [4.78, 5) is 23.7. The molecule has 1 fully saturated rings. The van der Waals surface area contributed by atoms with Crippen LogP contribution in [0.1, 0.15) is 30.4 Å². The van der Waals surface area contributed by atoms with Gasteiger partial charge in [-0.3, -0.25) is 9.59 Å². The minimum atomic E-state index is -4.50. The van der Waals surface area contributed by atoms with Crippen LogP contribution in [0.15, 0.2) is 24.3 Å². The normalized spacial score (nSPS) is 19.2. The van der Waals surface area contributed by atoms with Gasteiger partial charge in [0.2, 0.25) is 11.8 Å². The maximum atomic E-state index is 12.9. The highest BCUT2D eigenvalue weighted by Gasteiger charge is 2.33. The van der Waals surface area contributed by atoms with E-state index in [1.807, 2.05) is 0 Å². The summed E-state index contributed by atoms with van der Waals surface area (Å²) < 4.78 is 38.6. The molecular weight excluding hydrogens is 297 g/mol. The summed E-state index contributed by atoms with van der Waals surface area (Å²) in [7, 11) is 0. The number of halogens is 3. The molecule has 0 aromatic heterocycles. The SMILES string of the molecule is O=C(Cc1ccccc1C(F)(F)F)NC1CCCCNC1=O. The van der Waals surface area contributed by atoms with Crippen LogP contribution in [0.2, 0.25) is 0 Å². The molecule has 1 aliphatic rings. The van der Waals surface area contributed by atoms with E-state index >= 15 is 0 Å². The molecule has 0 saturated carbocycles. The number of carbonyl (C=O) groups is 2. The predicted molar refractivity (Wildman–Crippen MR) is 73.9 cm³/mol. The Bertz CT molecular complexity index is 558. The van der Waals surface area contributed by atoms with Gasteiger partial charge in [0.05, 0.1) is 12.0 Å². The lowest BCUT2D eigenvalue weighted by Crippen LogP contribution is -2.46. The second-order valence-corrected chi connectivity index (χ2v) is 5.24. The number of hydrogen-bond acceptors (Lipinski definition) is 2. The van der Waals surface area contributed by atoms with Crippen LogP contribution < -0.4 is 10.6 Å². The van der Waals surface area contributed by atoms with Crippen LogP contribution in [0.4, 0.5) is 13.2 Å². The first kappa shape index (κ1) is 16.3. The minimum absolute atomic E-state index is 0.0958. The highest BCUT2D eigenvalue weighted by molar-refractivity contribution is 5.88. The van der Waals surface area contributed by atoms with E-state index in [0.717, 1.165) is 18.9 Å². The van der Waals surface area contributed by atoms with Gasteiger partial charge in [0, 0.05) is 6.54 Å². The lowest BCUT2D eigenvalue weighted by Gasteiger charge is -2.16. The van der Waals surface area contributed by atoms with Crippen LogP contribution >= 0.6 is 0 Å². The molecule has 0 bridgehead atoms. The Balaban J connectivity index is 2.05. The zero-order valence-electron chi connectivity index (χ0n) is 11.9. The Kier molecular flexibility index (Phi) is 5.05. The van der Waals surface area contributed by atoms with Crippen LogP contribution in [0, 0.1) is 0 Å². The van der Waals surface area contributed by atoms with Crippen LogP contribution in [0.3, 0.4) is 0 Å². The average Bonchev–Trinajstić information content (AvgIpc) is 2.63. The van der Waals surface area contributed by atoms with Gasteiger partial charge in [-0.2, -0.15) is 13.2 Å². The van der Waals surface area contributed by atoms with Gasteiger partial charge in [0.1, 0.15) is 6.04 Å². The number of rotatable bonds is 3. The molecule has 0 aliphatic carbocycles. The number of carbonyl (C=O) groups excluding carboxylic acids is 2. The van der Waals surface area contributed by atoms with Gasteiger partial charge < -0.3 is 10.6 Å². The standard InChI is InChI=1S/C15H17F3N2O2/c16-15(17,18)11-6-2-1-5-10(11)9-13(21)20-12-7-3-4-8-19-14(12)22/h1-2,5-6,12H,3-4,7-9H2,(H,19,22)(H,20,21). The summed E-state index contributed by atoms with van der Waals surface area (Å²) in [5, 5.41) is 5.18. The van der Waals surface area contributed by atoms with E-state index in [0.29, 0.717) is 13.0 Å². The monoisotopic (exact) mass is 314 g/mol. The number of hydrogen-bond donors (Lipinski definition) is 2. The van der Waals surface area contributed by atoms with Crippen LogP contribution in [-0.2, 0) is 22.2 Å². The van der Waals surface area contributed by atoms with E-state index in [-0.39, 0.29) is 11.5 Å². The lowest BCUT2D eigenvalue weighted by atomic mass is 10.0. The van der Waals surface area contributed by atoms with Gasteiger partial charge in [0.15, 0.2) is 0 Å². The van der Waals surface area contributed by atoms with Crippen molar-refractivity contribution in [1.82, 2.24) is 10.6 Å². The van der Waals surface area contributed by atoms with Crippen molar-refractivity contribution in [2.75, 3.05) is 6.54 Å². The molecule has 1 aromatic carbocycles. The maximum absolute atomic E-state index is 12.9. The van der Waals surface area contributed by atoms with Gasteiger partial charge in [-0.15, -0.1) is 0 Å². The third-order valence-corrected chi connectivity index (χ3v) is 3.54. The van der Waals surface area contributed by atoms with Crippen molar-refractivity contribution in [3.8, 4) is 0 Å². The highest BCUT2D eigenvalue weighted by atomic mass is 19.4. The van der Waals surface area contributed by atoms with Crippen molar-refractivity contribution in [1.29, 1.82) is 0 Å². The largest absolute Gasteiger partial charge is 0.416 e. The third kappa shape index (κ3) is 4.22. The quantitative estimate of drug-likeness (QED) is 0.897. The van der Waals surface area contributed by atoms with Gasteiger partial charge >= 0.3 is 6.18 Å². The zero-order valence-corrected chi connectivity index (χ0v) is 11.9. The molecule has 1 aliphatic heterocycles. The van der Waals surface area contributed by atoms with Gasteiger partial charge in [-0.1, -0.05) is 18.2 Å². The van der Waals surface area contributed by atoms with Gasteiger partial charge in [0.25, 0.3) is 0 Å². The molecule has 2 amide bonds. The fourth-order valence-corrected chi connectivity index (χ4v) is 2.45. The fraction of sp³-hybridized carbons (Fsp3) is 0.467. The zero-order chi connectivity index (χ0) is 16.2. The molecular formula is C15H17F3N2O2. The Morgan fingerprint density at radius 2 is 2.00 bits per heavy atom. The van der Waals surface area contributed by atoms with E-state index < -0.39 is 30.1 Å².